The zero-order chi connectivity index (χ0) is 20.2. The van der Waals surface area contributed by atoms with Crippen molar-refractivity contribution in [3.05, 3.63) is 115 Å². The fourth-order valence-corrected chi connectivity index (χ4v) is 3.70. The van der Waals surface area contributed by atoms with E-state index in [2.05, 4.69) is 82.8 Å². The summed E-state index contributed by atoms with van der Waals surface area (Å²) in [6, 6.07) is 35.4. The summed E-state index contributed by atoms with van der Waals surface area (Å²) < 4.78 is 0. The Hall–Kier alpha value is -3.98. The van der Waals surface area contributed by atoms with Crippen molar-refractivity contribution in [1.82, 2.24) is 9.97 Å². The van der Waals surface area contributed by atoms with Crippen LogP contribution in [0.3, 0.4) is 0 Å². The van der Waals surface area contributed by atoms with Gasteiger partial charge >= 0.3 is 0 Å². The Balaban J connectivity index is 1.59. The van der Waals surface area contributed by atoms with E-state index in [4.69, 9.17) is 4.98 Å². The van der Waals surface area contributed by atoms with Crippen molar-refractivity contribution >= 4 is 17.2 Å². The van der Waals surface area contributed by atoms with Crippen LogP contribution < -0.4 is 0 Å². The number of rotatable bonds is 5. The quantitative estimate of drug-likeness (QED) is 0.343. The van der Waals surface area contributed by atoms with E-state index in [1.165, 1.54) is 11.1 Å². The molecule has 0 spiro atoms. The minimum Gasteiger partial charge on any atom is -0.337 e. The van der Waals surface area contributed by atoms with Crippen molar-refractivity contribution in [2.45, 2.75) is 6.54 Å². The molecule has 3 nitrogen and oxygen atoms in total. The SMILES string of the molecule is C(=N\Cc1ccccc1)/c1nc2c(-c3ccccc3)ccc(-c3ccccc3)c2[nH]1. The Bertz CT molecular complexity index is 1210. The van der Waals surface area contributed by atoms with E-state index in [1.807, 2.05) is 36.5 Å². The number of benzene rings is 4. The highest BCUT2D eigenvalue weighted by molar-refractivity contribution is 6.02. The lowest BCUT2D eigenvalue weighted by Crippen LogP contribution is -1.86. The number of imidazole rings is 1. The first-order valence-corrected chi connectivity index (χ1v) is 10.1. The van der Waals surface area contributed by atoms with Gasteiger partial charge in [0.25, 0.3) is 0 Å². The van der Waals surface area contributed by atoms with Gasteiger partial charge in [-0.15, -0.1) is 0 Å². The molecule has 0 aliphatic rings. The van der Waals surface area contributed by atoms with E-state index < -0.39 is 0 Å². The van der Waals surface area contributed by atoms with Crippen LogP contribution in [0.15, 0.2) is 108 Å². The summed E-state index contributed by atoms with van der Waals surface area (Å²) in [5.74, 6) is 0.765. The highest BCUT2D eigenvalue weighted by Crippen LogP contribution is 2.34. The molecule has 0 aliphatic carbocycles. The molecular weight excluding hydrogens is 366 g/mol. The maximum atomic E-state index is 4.90. The molecule has 0 saturated heterocycles. The average molecular weight is 387 g/mol. The predicted octanol–water partition coefficient (Wildman–Crippen LogP) is 6.52. The second-order valence-corrected chi connectivity index (χ2v) is 7.19. The topological polar surface area (TPSA) is 41.0 Å². The van der Waals surface area contributed by atoms with E-state index >= 15 is 0 Å². The summed E-state index contributed by atoms with van der Waals surface area (Å²) in [6.07, 6.45) is 1.83. The highest BCUT2D eigenvalue weighted by atomic mass is 14.9. The van der Waals surface area contributed by atoms with Gasteiger partial charge in [0.1, 0.15) is 5.82 Å². The van der Waals surface area contributed by atoms with Gasteiger partial charge in [0.05, 0.1) is 23.8 Å². The number of nitrogens with one attached hydrogen (secondary N) is 1. The molecule has 1 aromatic heterocycles. The molecule has 30 heavy (non-hydrogen) atoms. The van der Waals surface area contributed by atoms with E-state index in [1.54, 1.807) is 0 Å². The number of hydrogen-bond donors (Lipinski definition) is 1. The predicted molar refractivity (Wildman–Crippen MR) is 125 cm³/mol. The number of hydrogen-bond acceptors (Lipinski definition) is 2. The largest absolute Gasteiger partial charge is 0.337 e. The van der Waals surface area contributed by atoms with Gasteiger partial charge in [0, 0.05) is 11.1 Å². The second kappa shape index (κ2) is 8.18. The number of aliphatic imine (C=N–C) groups is 1. The molecule has 0 saturated carbocycles. The van der Waals surface area contributed by atoms with E-state index in [0.29, 0.717) is 6.54 Å². The molecule has 0 atom stereocenters. The summed E-state index contributed by atoms with van der Waals surface area (Å²) in [7, 11) is 0. The van der Waals surface area contributed by atoms with Gasteiger partial charge in [0.15, 0.2) is 0 Å². The first-order valence-electron chi connectivity index (χ1n) is 10.1. The lowest BCUT2D eigenvalue weighted by atomic mass is 9.98. The molecule has 0 aliphatic heterocycles. The third-order valence-corrected chi connectivity index (χ3v) is 5.16. The molecule has 5 rings (SSSR count). The minimum atomic E-state index is 0.634. The molecule has 0 fully saturated rings. The Labute approximate surface area is 175 Å². The third kappa shape index (κ3) is 3.65. The molecule has 1 N–H and O–H groups in total. The second-order valence-electron chi connectivity index (χ2n) is 7.19. The monoisotopic (exact) mass is 387 g/mol. The minimum absolute atomic E-state index is 0.634. The fraction of sp³-hybridized carbons (Fsp3) is 0.0370. The summed E-state index contributed by atoms with van der Waals surface area (Å²) in [5.41, 5.74) is 7.75. The maximum Gasteiger partial charge on any atom is 0.149 e. The van der Waals surface area contributed by atoms with Gasteiger partial charge in [-0.05, 0) is 16.7 Å². The van der Waals surface area contributed by atoms with Crippen molar-refractivity contribution in [3.63, 3.8) is 0 Å². The van der Waals surface area contributed by atoms with Crippen molar-refractivity contribution in [2.24, 2.45) is 4.99 Å². The van der Waals surface area contributed by atoms with Crippen LogP contribution in [0.25, 0.3) is 33.3 Å². The number of aromatic nitrogens is 2. The molecule has 5 aromatic rings. The smallest absolute Gasteiger partial charge is 0.149 e. The van der Waals surface area contributed by atoms with E-state index in [9.17, 15) is 0 Å². The zero-order valence-electron chi connectivity index (χ0n) is 16.5. The lowest BCUT2D eigenvalue weighted by Gasteiger charge is -2.07. The van der Waals surface area contributed by atoms with Gasteiger partial charge in [-0.1, -0.05) is 103 Å². The van der Waals surface area contributed by atoms with Crippen molar-refractivity contribution in [3.8, 4) is 22.3 Å². The van der Waals surface area contributed by atoms with Crippen molar-refractivity contribution < 1.29 is 0 Å². The molecule has 1 heterocycles. The Morgan fingerprint density at radius 1 is 0.667 bits per heavy atom. The molecule has 144 valence electrons. The van der Waals surface area contributed by atoms with E-state index in [0.717, 1.165) is 33.5 Å². The average Bonchev–Trinajstić information content (AvgIpc) is 3.24. The van der Waals surface area contributed by atoms with Crippen LogP contribution in [0.5, 0.6) is 0 Å². The molecule has 3 heteroatoms. The standard InChI is InChI=1S/C27H21N3/c1-4-10-20(11-5-1)18-28-19-25-29-26-23(21-12-6-2-7-13-21)16-17-24(27(26)30-25)22-14-8-3-9-15-22/h1-17,19H,18H2,(H,29,30)/b28-19+. The molecule has 4 aromatic carbocycles. The molecule has 0 unspecified atom stereocenters. The van der Waals surface area contributed by atoms with Crippen molar-refractivity contribution in [2.75, 3.05) is 0 Å². The summed E-state index contributed by atoms with van der Waals surface area (Å²) >= 11 is 0. The number of nitrogens with zero attached hydrogens (tertiary/aromatic N) is 2. The Kier molecular flexibility index (Phi) is 4.93. The van der Waals surface area contributed by atoms with Gasteiger partial charge in [-0.2, -0.15) is 0 Å². The van der Waals surface area contributed by atoms with E-state index in [-0.39, 0.29) is 0 Å². The zero-order valence-corrected chi connectivity index (χ0v) is 16.5. The first kappa shape index (κ1) is 18.1. The fourth-order valence-electron chi connectivity index (χ4n) is 3.70. The maximum absolute atomic E-state index is 4.90. The van der Waals surface area contributed by atoms with Gasteiger partial charge in [-0.3, -0.25) is 4.99 Å². The van der Waals surface area contributed by atoms with Gasteiger partial charge < -0.3 is 4.98 Å². The third-order valence-electron chi connectivity index (χ3n) is 5.16. The Morgan fingerprint density at radius 2 is 1.23 bits per heavy atom. The molecular formula is C27H21N3. The van der Waals surface area contributed by atoms with Crippen LogP contribution in [0.2, 0.25) is 0 Å². The number of H-pyrrole nitrogens is 1. The lowest BCUT2D eigenvalue weighted by molar-refractivity contribution is 1.07. The molecule has 0 bridgehead atoms. The molecule has 0 amide bonds. The molecule has 0 radical (unpaired) electrons. The first-order chi connectivity index (χ1) is 14.9. The van der Waals surface area contributed by atoms with Crippen LogP contribution in [-0.2, 0) is 6.54 Å². The highest BCUT2D eigenvalue weighted by Gasteiger charge is 2.13. The van der Waals surface area contributed by atoms with Crippen molar-refractivity contribution in [1.29, 1.82) is 0 Å². The van der Waals surface area contributed by atoms with Gasteiger partial charge in [-0.25, -0.2) is 4.98 Å². The number of fused-ring (bicyclic) bond motifs is 1. The van der Waals surface area contributed by atoms with Crippen LogP contribution in [0, 0.1) is 0 Å². The van der Waals surface area contributed by atoms with Gasteiger partial charge in [0.2, 0.25) is 0 Å². The normalized spacial score (nSPS) is 11.3. The van der Waals surface area contributed by atoms with Crippen LogP contribution in [0.1, 0.15) is 11.4 Å². The summed E-state index contributed by atoms with van der Waals surface area (Å²) in [6.45, 7) is 0.634. The number of aromatic amines is 1. The summed E-state index contributed by atoms with van der Waals surface area (Å²) in [4.78, 5) is 13.0. The van der Waals surface area contributed by atoms with Crippen LogP contribution in [-0.4, -0.2) is 16.2 Å². The van der Waals surface area contributed by atoms with Crippen LogP contribution >= 0.6 is 0 Å². The van der Waals surface area contributed by atoms with Crippen LogP contribution in [0.4, 0.5) is 0 Å². The Morgan fingerprint density at radius 3 is 1.90 bits per heavy atom. The summed E-state index contributed by atoms with van der Waals surface area (Å²) in [5, 5.41) is 0.